The molecule has 0 aliphatic rings. The van der Waals surface area contributed by atoms with E-state index >= 15 is 0 Å². The van der Waals surface area contributed by atoms with Gasteiger partial charge in [-0.1, -0.05) is 0 Å². The molecule has 0 N–H and O–H groups in total. The minimum atomic E-state index is -0.972. The van der Waals surface area contributed by atoms with Crippen LogP contribution in [0.3, 0.4) is 0 Å². The zero-order valence-electron chi connectivity index (χ0n) is 11.9. The number of ether oxygens (including phenoxy) is 1. The predicted octanol–water partition coefficient (Wildman–Crippen LogP) is 1.55. The molecule has 1 atom stereocenters. The second-order valence-electron chi connectivity index (χ2n) is 5.14. The largest absolute Gasteiger partial charge is 0.497 e. The summed E-state index contributed by atoms with van der Waals surface area (Å²) < 4.78 is 7.13. The first-order valence-electron chi connectivity index (χ1n) is 6.27. The fourth-order valence-corrected chi connectivity index (χ4v) is 2.20. The smallest absolute Gasteiger partial charge is 0.119 e. The molecule has 3 nitrogen and oxygen atoms in total. The third kappa shape index (κ3) is 2.39. The average molecular weight is 252 g/mol. The highest BCUT2D eigenvalue weighted by Gasteiger charge is 2.28. The molecule has 96 valence electrons. The first-order valence-corrected chi connectivity index (χ1v) is 6.27. The van der Waals surface area contributed by atoms with Crippen LogP contribution in [0.4, 0.5) is 0 Å². The lowest BCUT2D eigenvalue weighted by atomic mass is 9.57. The summed E-state index contributed by atoms with van der Waals surface area (Å²) in [6, 6.07) is 7.85. The quantitative estimate of drug-likeness (QED) is 0.768. The van der Waals surface area contributed by atoms with Gasteiger partial charge in [0.15, 0.2) is 0 Å². The van der Waals surface area contributed by atoms with Crippen molar-refractivity contribution < 1.29 is 4.74 Å². The van der Waals surface area contributed by atoms with Gasteiger partial charge in [-0.3, -0.25) is 0 Å². The van der Waals surface area contributed by atoms with Gasteiger partial charge >= 0.3 is 0 Å². The molecule has 1 aromatic heterocycles. The number of benzene rings is 1. The van der Waals surface area contributed by atoms with E-state index in [2.05, 4.69) is 0 Å². The summed E-state index contributed by atoms with van der Waals surface area (Å²) in [5.74, 6) is 0.825. The Morgan fingerprint density at radius 2 is 1.95 bits per heavy atom. The van der Waals surface area contributed by atoms with Gasteiger partial charge in [0.2, 0.25) is 0 Å². The Kier molecular flexibility index (Phi) is 3.68. The summed E-state index contributed by atoms with van der Waals surface area (Å²) >= 11 is 0. The van der Waals surface area contributed by atoms with E-state index in [0.717, 1.165) is 16.7 Å². The van der Waals surface area contributed by atoms with E-state index in [0.29, 0.717) is 0 Å². The van der Waals surface area contributed by atoms with Crippen LogP contribution in [0.5, 0.6) is 5.75 Å². The Hall–Kier alpha value is -1.35. The monoisotopic (exact) mass is 252 g/mol. The standard InChI is InChI=1S/C14H18B2N2O/c1-10(17(2)3)14(15,16)18-8-7-11-9-12(19-4)5-6-13(11)18/h5-10H,1-4H3/t10-/m1/s1. The van der Waals surface area contributed by atoms with E-state index in [4.69, 9.17) is 20.4 Å². The molecule has 19 heavy (non-hydrogen) atoms. The summed E-state index contributed by atoms with van der Waals surface area (Å²) in [6.45, 7) is 2.01. The first kappa shape index (κ1) is 14.1. The van der Waals surface area contributed by atoms with Gasteiger partial charge < -0.3 is 14.2 Å². The normalized spacial score (nSPS) is 13.9. The highest BCUT2D eigenvalue weighted by molar-refractivity contribution is 6.38. The Bertz CT molecular complexity index is 578. The third-order valence-electron chi connectivity index (χ3n) is 3.76. The van der Waals surface area contributed by atoms with E-state index in [1.165, 1.54) is 0 Å². The molecule has 0 spiro atoms. The fourth-order valence-electron chi connectivity index (χ4n) is 2.20. The third-order valence-corrected chi connectivity index (χ3v) is 3.76. The Morgan fingerprint density at radius 3 is 2.53 bits per heavy atom. The Balaban J connectivity index is 2.51. The Morgan fingerprint density at radius 1 is 1.26 bits per heavy atom. The van der Waals surface area contributed by atoms with E-state index in [1.807, 2.05) is 60.9 Å². The van der Waals surface area contributed by atoms with Crippen LogP contribution in [-0.2, 0) is 5.34 Å². The van der Waals surface area contributed by atoms with Crippen molar-refractivity contribution in [1.29, 1.82) is 0 Å². The van der Waals surface area contributed by atoms with Crippen LogP contribution in [0.25, 0.3) is 10.9 Å². The summed E-state index contributed by atoms with van der Waals surface area (Å²) in [5, 5.41) is 0.0883. The van der Waals surface area contributed by atoms with E-state index in [9.17, 15) is 0 Å². The predicted molar refractivity (Wildman–Crippen MR) is 81.1 cm³/mol. The zero-order valence-corrected chi connectivity index (χ0v) is 11.9. The molecule has 1 aromatic carbocycles. The van der Waals surface area contributed by atoms with Crippen molar-refractivity contribution in [2.45, 2.75) is 18.3 Å². The van der Waals surface area contributed by atoms with Gasteiger partial charge in [-0.05, 0) is 50.6 Å². The average Bonchev–Trinajstić information content (AvgIpc) is 2.80. The Labute approximate surface area is 117 Å². The maximum absolute atomic E-state index is 6.33. The van der Waals surface area contributed by atoms with Crippen molar-refractivity contribution in [3.63, 3.8) is 0 Å². The lowest BCUT2D eigenvalue weighted by Gasteiger charge is -2.39. The van der Waals surface area contributed by atoms with Crippen molar-refractivity contribution in [3.8, 4) is 5.75 Å². The number of methoxy groups -OCH3 is 1. The fraction of sp³-hybridized carbons (Fsp3) is 0.429. The van der Waals surface area contributed by atoms with Gasteiger partial charge in [0.1, 0.15) is 5.75 Å². The second-order valence-corrected chi connectivity index (χ2v) is 5.14. The zero-order chi connectivity index (χ0) is 14.2. The topological polar surface area (TPSA) is 17.4 Å². The molecule has 0 saturated carbocycles. The highest BCUT2D eigenvalue weighted by atomic mass is 16.5. The molecular weight excluding hydrogens is 234 g/mol. The van der Waals surface area contributed by atoms with Crippen LogP contribution in [0.2, 0.25) is 0 Å². The molecule has 2 aromatic rings. The maximum Gasteiger partial charge on any atom is 0.119 e. The minimum Gasteiger partial charge on any atom is -0.497 e. The number of aromatic nitrogens is 1. The molecule has 4 radical (unpaired) electrons. The summed E-state index contributed by atoms with van der Waals surface area (Å²) in [5.41, 5.74) is 1.000. The van der Waals surface area contributed by atoms with Gasteiger partial charge in [0.25, 0.3) is 0 Å². The van der Waals surface area contributed by atoms with Crippen molar-refractivity contribution in [2.75, 3.05) is 21.2 Å². The molecule has 0 aliphatic carbocycles. The van der Waals surface area contributed by atoms with Crippen molar-refractivity contribution >= 4 is 26.6 Å². The number of hydrogen-bond donors (Lipinski definition) is 0. The van der Waals surface area contributed by atoms with Crippen LogP contribution >= 0.6 is 0 Å². The summed E-state index contributed by atoms with van der Waals surface area (Å²) in [4.78, 5) is 2.01. The van der Waals surface area contributed by atoms with Crippen molar-refractivity contribution in [2.24, 2.45) is 0 Å². The lowest BCUT2D eigenvalue weighted by molar-refractivity contribution is 0.254. The number of fused-ring (bicyclic) bond motifs is 1. The first-order chi connectivity index (χ1) is 8.87. The molecule has 0 bridgehead atoms. The second kappa shape index (κ2) is 4.97. The number of hydrogen-bond acceptors (Lipinski definition) is 2. The van der Waals surface area contributed by atoms with Crippen LogP contribution in [0, 0.1) is 0 Å². The van der Waals surface area contributed by atoms with Gasteiger partial charge in [-0.15, -0.1) is 0 Å². The van der Waals surface area contributed by atoms with E-state index in [1.54, 1.807) is 7.11 Å². The minimum absolute atomic E-state index is 0.00907. The van der Waals surface area contributed by atoms with Crippen LogP contribution in [0.1, 0.15) is 6.92 Å². The number of nitrogens with zero attached hydrogens (tertiary/aromatic N) is 2. The molecule has 0 unspecified atom stereocenters. The molecular formula is C14H18B2N2O. The van der Waals surface area contributed by atoms with Gasteiger partial charge in [-0.25, -0.2) is 0 Å². The summed E-state index contributed by atoms with van der Waals surface area (Å²) in [7, 11) is 18.3. The number of likely N-dealkylation sites (N-methyl/N-ethyl adjacent to an activating group) is 1. The van der Waals surface area contributed by atoms with E-state index in [-0.39, 0.29) is 6.04 Å². The van der Waals surface area contributed by atoms with Crippen LogP contribution in [-0.4, -0.2) is 52.4 Å². The van der Waals surface area contributed by atoms with E-state index < -0.39 is 5.34 Å². The van der Waals surface area contributed by atoms with Gasteiger partial charge in [0, 0.05) is 23.1 Å². The molecule has 0 saturated heterocycles. The van der Waals surface area contributed by atoms with Crippen LogP contribution < -0.4 is 4.74 Å². The number of rotatable bonds is 4. The van der Waals surface area contributed by atoms with Crippen molar-refractivity contribution in [3.05, 3.63) is 30.5 Å². The van der Waals surface area contributed by atoms with Gasteiger partial charge in [0.05, 0.1) is 22.8 Å². The maximum atomic E-state index is 6.33. The van der Waals surface area contributed by atoms with Crippen LogP contribution in [0.15, 0.2) is 30.5 Å². The molecule has 5 heteroatoms. The van der Waals surface area contributed by atoms with Gasteiger partial charge in [-0.2, -0.15) is 0 Å². The molecule has 0 aliphatic heterocycles. The summed E-state index contributed by atoms with van der Waals surface area (Å²) in [6.07, 6.45) is 1.92. The SMILES string of the molecule is [B]C([B])([C@@H](C)N(C)C)n1ccc2cc(OC)ccc21. The lowest BCUT2D eigenvalue weighted by Crippen LogP contribution is -2.51. The highest BCUT2D eigenvalue weighted by Crippen LogP contribution is 2.27. The van der Waals surface area contributed by atoms with Crippen molar-refractivity contribution in [1.82, 2.24) is 9.47 Å². The molecule has 2 rings (SSSR count). The molecule has 0 amide bonds. The molecule has 0 fully saturated rings. The molecule has 1 heterocycles.